The van der Waals surface area contributed by atoms with Crippen molar-refractivity contribution in [3.05, 3.63) is 21.3 Å². The van der Waals surface area contributed by atoms with Crippen molar-refractivity contribution in [1.82, 2.24) is 10.2 Å². The topological polar surface area (TPSA) is 67.9 Å². The lowest BCUT2D eigenvalue weighted by atomic mass is 10.1. The maximum atomic E-state index is 12.2. The Labute approximate surface area is 151 Å². The quantitative estimate of drug-likeness (QED) is 0.879. The van der Waals surface area contributed by atoms with Gasteiger partial charge in [0.1, 0.15) is 5.60 Å². The van der Waals surface area contributed by atoms with E-state index in [4.69, 9.17) is 21.1 Å². The summed E-state index contributed by atoms with van der Waals surface area (Å²) in [4.78, 5) is 26.5. The zero-order valence-electron chi connectivity index (χ0n) is 14.3. The number of amides is 2. The Morgan fingerprint density at radius 1 is 1.38 bits per heavy atom. The molecular formula is C16H23ClN2O4S. The Kier molecular flexibility index (Phi) is 6.11. The zero-order chi connectivity index (χ0) is 17.9. The molecule has 0 aromatic carbocycles. The number of methoxy groups -OCH3 is 1. The maximum Gasteiger partial charge on any atom is 0.410 e. The Morgan fingerprint density at radius 3 is 2.62 bits per heavy atom. The lowest BCUT2D eigenvalue weighted by molar-refractivity contribution is 0.0251. The minimum absolute atomic E-state index is 0.0157. The molecule has 2 atom stereocenters. The molecule has 1 aromatic rings. The number of ether oxygens (including phenoxy) is 2. The van der Waals surface area contributed by atoms with E-state index in [1.165, 1.54) is 11.3 Å². The second-order valence-corrected chi connectivity index (χ2v) is 8.45. The molecule has 0 bridgehead atoms. The number of carbonyl (C=O) groups excluding carboxylic acids is 2. The highest BCUT2D eigenvalue weighted by Crippen LogP contribution is 2.23. The van der Waals surface area contributed by atoms with Crippen LogP contribution in [-0.4, -0.2) is 55.3 Å². The number of hydrogen-bond donors (Lipinski definition) is 1. The van der Waals surface area contributed by atoms with Gasteiger partial charge in [-0.25, -0.2) is 4.79 Å². The van der Waals surface area contributed by atoms with E-state index in [-0.39, 0.29) is 24.0 Å². The minimum Gasteiger partial charge on any atom is -0.444 e. The van der Waals surface area contributed by atoms with Crippen LogP contribution in [0.3, 0.4) is 0 Å². The van der Waals surface area contributed by atoms with Gasteiger partial charge in [0.05, 0.1) is 21.9 Å². The van der Waals surface area contributed by atoms with Gasteiger partial charge in [0.15, 0.2) is 0 Å². The summed E-state index contributed by atoms with van der Waals surface area (Å²) in [6, 6.07) is 3.39. The second-order valence-electron chi connectivity index (χ2n) is 6.73. The van der Waals surface area contributed by atoms with Gasteiger partial charge in [-0.3, -0.25) is 4.79 Å². The summed E-state index contributed by atoms with van der Waals surface area (Å²) in [6.45, 7) is 6.86. The molecule has 2 heterocycles. The average molecular weight is 375 g/mol. The number of nitrogens with one attached hydrogen (secondary N) is 1. The lowest BCUT2D eigenvalue weighted by Crippen LogP contribution is -2.36. The van der Waals surface area contributed by atoms with Crippen molar-refractivity contribution >= 4 is 34.9 Å². The fourth-order valence-corrected chi connectivity index (χ4v) is 3.49. The van der Waals surface area contributed by atoms with Gasteiger partial charge in [-0.15, -0.1) is 11.3 Å². The molecule has 1 fully saturated rings. The average Bonchev–Trinajstić information content (AvgIpc) is 3.09. The first-order valence-electron chi connectivity index (χ1n) is 7.74. The van der Waals surface area contributed by atoms with Crippen LogP contribution in [0.4, 0.5) is 4.79 Å². The summed E-state index contributed by atoms with van der Waals surface area (Å²) >= 11 is 7.08. The zero-order valence-corrected chi connectivity index (χ0v) is 15.9. The molecule has 0 radical (unpaired) electrons. The second kappa shape index (κ2) is 7.72. The highest BCUT2D eigenvalue weighted by atomic mass is 35.5. The van der Waals surface area contributed by atoms with Crippen LogP contribution >= 0.6 is 22.9 Å². The molecule has 0 aliphatic carbocycles. The number of likely N-dealkylation sites (tertiary alicyclic amines) is 1. The van der Waals surface area contributed by atoms with Crippen molar-refractivity contribution in [2.75, 3.05) is 26.7 Å². The minimum atomic E-state index is -0.537. The van der Waals surface area contributed by atoms with Gasteiger partial charge in [0.2, 0.25) is 0 Å². The number of rotatable bonds is 4. The number of thiophene rings is 1. The van der Waals surface area contributed by atoms with Gasteiger partial charge >= 0.3 is 6.09 Å². The molecule has 1 aliphatic heterocycles. The molecule has 1 N–H and O–H groups in total. The van der Waals surface area contributed by atoms with Crippen molar-refractivity contribution in [2.24, 2.45) is 5.92 Å². The van der Waals surface area contributed by atoms with Crippen LogP contribution in [0, 0.1) is 5.92 Å². The van der Waals surface area contributed by atoms with E-state index < -0.39 is 5.60 Å². The molecule has 2 amide bonds. The Morgan fingerprint density at radius 2 is 2.08 bits per heavy atom. The van der Waals surface area contributed by atoms with Crippen LogP contribution in [0.2, 0.25) is 4.34 Å². The third-order valence-electron chi connectivity index (χ3n) is 3.66. The van der Waals surface area contributed by atoms with Crippen LogP contribution in [-0.2, 0) is 9.47 Å². The van der Waals surface area contributed by atoms with Crippen molar-refractivity contribution in [3.63, 3.8) is 0 Å². The Balaban J connectivity index is 1.90. The smallest absolute Gasteiger partial charge is 0.410 e. The van der Waals surface area contributed by atoms with Crippen molar-refractivity contribution in [3.8, 4) is 0 Å². The van der Waals surface area contributed by atoms with Crippen LogP contribution in [0.25, 0.3) is 0 Å². The first-order valence-corrected chi connectivity index (χ1v) is 8.93. The molecule has 0 saturated carbocycles. The molecule has 2 rings (SSSR count). The molecule has 1 saturated heterocycles. The van der Waals surface area contributed by atoms with E-state index in [2.05, 4.69) is 5.32 Å². The van der Waals surface area contributed by atoms with Gasteiger partial charge < -0.3 is 19.7 Å². The normalized spacial score (nSPS) is 21.0. The van der Waals surface area contributed by atoms with E-state index >= 15 is 0 Å². The van der Waals surface area contributed by atoms with Crippen molar-refractivity contribution in [2.45, 2.75) is 32.5 Å². The van der Waals surface area contributed by atoms with E-state index in [1.54, 1.807) is 24.1 Å². The fourth-order valence-electron chi connectivity index (χ4n) is 2.53. The van der Waals surface area contributed by atoms with Crippen LogP contribution in [0.5, 0.6) is 0 Å². The first-order chi connectivity index (χ1) is 11.2. The Bertz CT molecular complexity index is 599. The molecule has 2 unspecified atom stereocenters. The van der Waals surface area contributed by atoms with Crippen LogP contribution in [0.1, 0.15) is 30.4 Å². The maximum absolute atomic E-state index is 12.2. The predicted octanol–water partition coefficient (Wildman–Crippen LogP) is 3.01. The highest BCUT2D eigenvalue weighted by molar-refractivity contribution is 7.17. The van der Waals surface area contributed by atoms with Gasteiger partial charge in [-0.05, 0) is 32.9 Å². The number of nitrogens with zero attached hydrogens (tertiary/aromatic N) is 1. The summed E-state index contributed by atoms with van der Waals surface area (Å²) in [5, 5.41) is 2.88. The van der Waals surface area contributed by atoms with Gasteiger partial charge in [0.25, 0.3) is 5.91 Å². The number of halogens is 1. The van der Waals surface area contributed by atoms with Gasteiger partial charge in [-0.1, -0.05) is 11.6 Å². The van der Waals surface area contributed by atoms with E-state index in [1.807, 2.05) is 20.8 Å². The van der Waals surface area contributed by atoms with Crippen LogP contribution in [0.15, 0.2) is 12.1 Å². The first kappa shape index (κ1) is 19.0. The third-order valence-corrected chi connectivity index (χ3v) is 4.89. The van der Waals surface area contributed by atoms with E-state index in [9.17, 15) is 9.59 Å². The molecular weight excluding hydrogens is 352 g/mol. The molecule has 1 aromatic heterocycles. The summed E-state index contributed by atoms with van der Waals surface area (Å²) in [5.41, 5.74) is -0.537. The predicted molar refractivity (Wildman–Crippen MR) is 93.8 cm³/mol. The summed E-state index contributed by atoms with van der Waals surface area (Å²) in [5.74, 6) is -0.153. The molecule has 8 heteroatoms. The van der Waals surface area contributed by atoms with E-state index in [0.29, 0.717) is 28.8 Å². The summed E-state index contributed by atoms with van der Waals surface area (Å²) in [7, 11) is 1.61. The Hall–Kier alpha value is -1.31. The third kappa shape index (κ3) is 5.09. The summed E-state index contributed by atoms with van der Waals surface area (Å²) in [6.07, 6.45) is -0.492. The standard InChI is InChI=1S/C16H23ClN2O4S/c1-16(2,3)23-15(21)19-8-10(11(9-19)22-4)7-18-14(20)12-5-6-13(17)24-12/h5-6,10-11H,7-9H2,1-4H3,(H,18,20). The highest BCUT2D eigenvalue weighted by Gasteiger charge is 2.37. The number of hydrogen-bond acceptors (Lipinski definition) is 5. The molecule has 0 spiro atoms. The van der Waals surface area contributed by atoms with Gasteiger partial charge in [0, 0.05) is 26.1 Å². The van der Waals surface area contributed by atoms with Crippen LogP contribution < -0.4 is 5.32 Å². The SMILES string of the molecule is COC1CN(C(=O)OC(C)(C)C)CC1CNC(=O)c1ccc(Cl)s1. The molecule has 1 aliphatic rings. The van der Waals surface area contributed by atoms with Gasteiger partial charge in [-0.2, -0.15) is 0 Å². The largest absolute Gasteiger partial charge is 0.444 e. The van der Waals surface area contributed by atoms with E-state index in [0.717, 1.165) is 0 Å². The molecule has 6 nitrogen and oxygen atoms in total. The van der Waals surface area contributed by atoms with Crippen molar-refractivity contribution in [1.29, 1.82) is 0 Å². The molecule has 134 valence electrons. The summed E-state index contributed by atoms with van der Waals surface area (Å²) < 4.78 is 11.4. The molecule has 24 heavy (non-hydrogen) atoms. The number of carbonyl (C=O) groups is 2. The lowest BCUT2D eigenvalue weighted by Gasteiger charge is -2.24. The van der Waals surface area contributed by atoms with Crippen molar-refractivity contribution < 1.29 is 19.1 Å². The monoisotopic (exact) mass is 374 g/mol. The fraction of sp³-hybridized carbons (Fsp3) is 0.625.